The fraction of sp³-hybridized carbons (Fsp3) is 0.360. The molecule has 0 spiro atoms. The minimum Gasteiger partial charge on any atom is -0.376 e. The van der Waals surface area contributed by atoms with Crippen LogP contribution in [0.15, 0.2) is 59.8 Å². The lowest BCUT2D eigenvalue weighted by atomic mass is 9.91. The maximum absolute atomic E-state index is 12.6. The maximum Gasteiger partial charge on any atom is 0.270 e. The predicted octanol–water partition coefficient (Wildman–Crippen LogP) is 2.18. The highest BCUT2D eigenvalue weighted by molar-refractivity contribution is 5.92. The molecule has 4 aromatic heterocycles. The molecule has 1 aliphatic rings. The minimum absolute atomic E-state index is 0.0861. The zero-order valence-electron chi connectivity index (χ0n) is 19.3. The average molecular weight is 461 g/mol. The number of imidazole rings is 1. The van der Waals surface area contributed by atoms with E-state index in [2.05, 4.69) is 34.4 Å². The number of pyridine rings is 2. The van der Waals surface area contributed by atoms with Crippen LogP contribution in [-0.4, -0.2) is 43.9 Å². The Kier molecular flexibility index (Phi) is 5.89. The van der Waals surface area contributed by atoms with Gasteiger partial charge in [0.05, 0.1) is 24.9 Å². The number of aromatic nitrogens is 4. The van der Waals surface area contributed by atoms with Crippen LogP contribution in [0, 0.1) is 5.41 Å². The summed E-state index contributed by atoms with van der Waals surface area (Å²) < 4.78 is 9.20. The fourth-order valence-corrected chi connectivity index (χ4v) is 4.30. The van der Waals surface area contributed by atoms with Crippen LogP contribution in [0.25, 0.3) is 11.3 Å². The Balaban J connectivity index is 1.19. The van der Waals surface area contributed by atoms with E-state index in [1.54, 1.807) is 24.4 Å². The van der Waals surface area contributed by atoms with Crippen LogP contribution in [0.1, 0.15) is 42.0 Å². The molecule has 5 heterocycles. The van der Waals surface area contributed by atoms with Crippen LogP contribution in [0.2, 0.25) is 0 Å². The molecule has 1 unspecified atom stereocenters. The minimum atomic E-state index is -0.414. The van der Waals surface area contributed by atoms with E-state index in [1.807, 2.05) is 28.9 Å². The highest BCUT2D eigenvalue weighted by Crippen LogP contribution is 2.30. The lowest BCUT2D eigenvalue weighted by Crippen LogP contribution is -2.27. The van der Waals surface area contributed by atoms with E-state index in [0.29, 0.717) is 5.65 Å². The third-order valence-electron chi connectivity index (χ3n) is 5.99. The number of carbonyl (C=O) groups is 1. The van der Waals surface area contributed by atoms with E-state index in [4.69, 9.17) is 4.74 Å². The third kappa shape index (κ3) is 4.85. The SMILES string of the molecule is CC1(C)COC(CNCc2ccc3nc(CNC(=O)c4cc(=O)n5ccccc5n4)cn3c2)C1. The maximum atomic E-state index is 12.6. The van der Waals surface area contributed by atoms with Gasteiger partial charge in [-0.15, -0.1) is 0 Å². The van der Waals surface area contributed by atoms with Gasteiger partial charge in [-0.3, -0.25) is 14.0 Å². The Hall–Kier alpha value is -3.56. The summed E-state index contributed by atoms with van der Waals surface area (Å²) in [5.41, 5.74) is 3.13. The summed E-state index contributed by atoms with van der Waals surface area (Å²) in [5, 5.41) is 6.28. The van der Waals surface area contributed by atoms with E-state index >= 15 is 0 Å². The number of hydrogen-bond donors (Lipinski definition) is 2. The van der Waals surface area contributed by atoms with E-state index in [0.717, 1.165) is 43.0 Å². The zero-order chi connectivity index (χ0) is 23.7. The lowest BCUT2D eigenvalue weighted by molar-refractivity contribution is 0.0945. The van der Waals surface area contributed by atoms with E-state index in [-0.39, 0.29) is 29.3 Å². The summed E-state index contributed by atoms with van der Waals surface area (Å²) >= 11 is 0. The van der Waals surface area contributed by atoms with Crippen molar-refractivity contribution in [2.45, 2.75) is 39.5 Å². The molecule has 0 saturated carbocycles. The van der Waals surface area contributed by atoms with Gasteiger partial charge in [0.1, 0.15) is 17.0 Å². The first kappa shape index (κ1) is 22.2. The molecule has 0 aromatic carbocycles. The van der Waals surface area contributed by atoms with Gasteiger partial charge >= 0.3 is 0 Å². The van der Waals surface area contributed by atoms with Gasteiger partial charge in [-0.2, -0.15) is 0 Å². The first-order valence-electron chi connectivity index (χ1n) is 11.4. The highest BCUT2D eigenvalue weighted by Gasteiger charge is 2.31. The average Bonchev–Trinajstić information content (AvgIpc) is 3.39. The molecule has 1 aliphatic heterocycles. The number of ether oxygens (including phenoxy) is 1. The van der Waals surface area contributed by atoms with Crippen LogP contribution in [0.5, 0.6) is 0 Å². The van der Waals surface area contributed by atoms with Crippen molar-refractivity contribution in [1.82, 2.24) is 29.4 Å². The molecule has 1 amide bonds. The van der Waals surface area contributed by atoms with E-state index < -0.39 is 5.91 Å². The summed E-state index contributed by atoms with van der Waals surface area (Å²) in [5.74, 6) is -0.414. The molecular formula is C25H28N6O3. The molecular weight excluding hydrogens is 432 g/mol. The molecule has 0 aliphatic carbocycles. The van der Waals surface area contributed by atoms with Gasteiger partial charge in [0, 0.05) is 37.7 Å². The summed E-state index contributed by atoms with van der Waals surface area (Å²) in [6.45, 7) is 7.09. The molecule has 5 rings (SSSR count). The van der Waals surface area contributed by atoms with Crippen molar-refractivity contribution in [3.63, 3.8) is 0 Å². The van der Waals surface area contributed by atoms with Crippen LogP contribution >= 0.6 is 0 Å². The van der Waals surface area contributed by atoms with Gasteiger partial charge in [-0.05, 0) is 35.6 Å². The number of amides is 1. The second kappa shape index (κ2) is 9.00. The molecule has 1 saturated heterocycles. The van der Waals surface area contributed by atoms with Crippen molar-refractivity contribution in [2.75, 3.05) is 13.2 Å². The van der Waals surface area contributed by atoms with Gasteiger partial charge in [0.25, 0.3) is 11.5 Å². The smallest absolute Gasteiger partial charge is 0.270 e. The van der Waals surface area contributed by atoms with Crippen molar-refractivity contribution in [2.24, 2.45) is 5.41 Å². The summed E-state index contributed by atoms with van der Waals surface area (Å²) in [6, 6.07) is 10.4. The Labute approximate surface area is 196 Å². The molecule has 1 fully saturated rings. The summed E-state index contributed by atoms with van der Waals surface area (Å²) in [6.07, 6.45) is 6.88. The van der Waals surface area contributed by atoms with Gasteiger partial charge in [0.2, 0.25) is 0 Å². The van der Waals surface area contributed by atoms with Crippen LogP contribution in [0.3, 0.4) is 0 Å². The normalized spacial score (nSPS) is 17.4. The van der Waals surface area contributed by atoms with Crippen molar-refractivity contribution in [3.05, 3.63) is 82.3 Å². The third-order valence-corrected chi connectivity index (χ3v) is 5.99. The molecule has 4 aromatic rings. The van der Waals surface area contributed by atoms with Crippen molar-refractivity contribution < 1.29 is 9.53 Å². The molecule has 176 valence electrons. The predicted molar refractivity (Wildman–Crippen MR) is 128 cm³/mol. The number of fused-ring (bicyclic) bond motifs is 2. The van der Waals surface area contributed by atoms with E-state index in [9.17, 15) is 9.59 Å². The Morgan fingerprint density at radius 1 is 1.15 bits per heavy atom. The Bertz CT molecular complexity index is 1410. The number of rotatable bonds is 7. The molecule has 0 bridgehead atoms. The molecule has 2 N–H and O–H groups in total. The first-order chi connectivity index (χ1) is 16.4. The lowest BCUT2D eigenvalue weighted by Gasteiger charge is -2.14. The second-order valence-electron chi connectivity index (χ2n) is 9.56. The monoisotopic (exact) mass is 460 g/mol. The van der Waals surface area contributed by atoms with Crippen molar-refractivity contribution >= 4 is 17.2 Å². The highest BCUT2D eigenvalue weighted by atomic mass is 16.5. The van der Waals surface area contributed by atoms with Gasteiger partial charge in [-0.1, -0.05) is 26.0 Å². The quantitative estimate of drug-likeness (QED) is 0.438. The van der Waals surface area contributed by atoms with Crippen LogP contribution in [-0.2, 0) is 17.8 Å². The summed E-state index contributed by atoms with van der Waals surface area (Å²) in [4.78, 5) is 33.6. The first-order valence-corrected chi connectivity index (χ1v) is 11.4. The number of hydrogen-bond acceptors (Lipinski definition) is 6. The Morgan fingerprint density at radius 3 is 2.85 bits per heavy atom. The number of carbonyl (C=O) groups excluding carboxylic acids is 1. The molecule has 9 nitrogen and oxygen atoms in total. The fourth-order valence-electron chi connectivity index (χ4n) is 4.30. The second-order valence-corrected chi connectivity index (χ2v) is 9.56. The van der Waals surface area contributed by atoms with Crippen molar-refractivity contribution in [3.8, 4) is 0 Å². The van der Waals surface area contributed by atoms with Gasteiger partial charge < -0.3 is 19.8 Å². The van der Waals surface area contributed by atoms with Gasteiger partial charge in [0.15, 0.2) is 0 Å². The van der Waals surface area contributed by atoms with E-state index in [1.165, 1.54) is 10.5 Å². The number of nitrogens with one attached hydrogen (secondary N) is 2. The molecule has 9 heteroatoms. The molecule has 0 radical (unpaired) electrons. The van der Waals surface area contributed by atoms with Crippen molar-refractivity contribution in [1.29, 1.82) is 0 Å². The molecule has 1 atom stereocenters. The summed E-state index contributed by atoms with van der Waals surface area (Å²) in [7, 11) is 0. The topological polar surface area (TPSA) is 102 Å². The van der Waals surface area contributed by atoms with Gasteiger partial charge in [-0.25, -0.2) is 9.97 Å². The Morgan fingerprint density at radius 2 is 2.03 bits per heavy atom. The number of nitrogens with zero attached hydrogens (tertiary/aromatic N) is 4. The standard InChI is InChI=1S/C25H28N6O3/c1-25(2)10-19(34-16-25)13-26-11-17-6-7-21-28-18(15-30(21)14-17)12-27-24(33)20-9-23(32)31-8-4-3-5-22(31)29-20/h3-9,14-15,19,26H,10-13,16H2,1-2H3,(H,27,33). The zero-order valence-corrected chi connectivity index (χ0v) is 19.3. The van der Waals surface area contributed by atoms with Crippen LogP contribution < -0.4 is 16.2 Å². The largest absolute Gasteiger partial charge is 0.376 e. The van der Waals surface area contributed by atoms with Crippen LogP contribution in [0.4, 0.5) is 0 Å². The molecule has 34 heavy (non-hydrogen) atoms.